The number of esters is 1. The van der Waals surface area contributed by atoms with E-state index in [1.165, 1.54) is 33.8 Å². The summed E-state index contributed by atoms with van der Waals surface area (Å²) < 4.78 is 7.22. The van der Waals surface area contributed by atoms with E-state index in [1.54, 1.807) is 71.6 Å². The molecule has 0 aliphatic carbocycles. The molecule has 0 unspecified atom stereocenters. The minimum Gasteiger partial charge on any atom is -0.465 e. The van der Waals surface area contributed by atoms with Crippen molar-refractivity contribution in [3.8, 4) is 18.2 Å². The molecule has 13 nitrogen and oxygen atoms in total. The van der Waals surface area contributed by atoms with Crippen molar-refractivity contribution < 1.29 is 29.0 Å². The zero-order chi connectivity index (χ0) is 63.3. The van der Waals surface area contributed by atoms with Crippen molar-refractivity contribution in [1.29, 1.82) is 15.8 Å². The van der Waals surface area contributed by atoms with Gasteiger partial charge in [-0.05, 0) is 181 Å². The number of fused-ring (bicyclic) bond motifs is 4. The first-order valence-corrected chi connectivity index (χ1v) is 31.7. The lowest BCUT2D eigenvalue weighted by Gasteiger charge is -2.36. The molecule has 18 heteroatoms. The zero-order valence-electron chi connectivity index (χ0n) is 49.5. The summed E-state index contributed by atoms with van der Waals surface area (Å²) in [5.74, 6) is -0.510. The smallest absolute Gasteiger partial charge is 0.338 e. The first kappa shape index (κ1) is 66.6. The molecule has 452 valence electrons. The van der Waals surface area contributed by atoms with Crippen molar-refractivity contribution in [2.75, 3.05) is 33.3 Å². The van der Waals surface area contributed by atoms with E-state index in [0.717, 1.165) is 58.1 Å². The number of rotatable bonds is 8. The summed E-state index contributed by atoms with van der Waals surface area (Å²) in [7, 11) is 1.36. The number of halogens is 5. The van der Waals surface area contributed by atoms with Gasteiger partial charge >= 0.3 is 5.97 Å². The summed E-state index contributed by atoms with van der Waals surface area (Å²) in [4.78, 5) is 56.1. The molecule has 11 rings (SSSR count). The van der Waals surface area contributed by atoms with Crippen LogP contribution in [0, 0.1) is 34.0 Å². The molecule has 0 bridgehead atoms. The highest BCUT2D eigenvalue weighted by atomic mass is 79.9. The largest absolute Gasteiger partial charge is 0.465 e. The number of aliphatic hydroxyl groups excluding tert-OH is 1. The number of carbonyl (C=O) groups is 4. The fraction of sp³-hybridized carbons (Fsp3) is 0.300. The van der Waals surface area contributed by atoms with Crippen LogP contribution >= 0.6 is 66.7 Å². The van der Waals surface area contributed by atoms with Crippen molar-refractivity contribution >= 4 is 90.4 Å². The second kappa shape index (κ2) is 30.7. The molecular weight excluding hydrogens is 1300 g/mol. The minimum atomic E-state index is -0.367. The molecule has 88 heavy (non-hydrogen) atoms. The van der Waals surface area contributed by atoms with Crippen LogP contribution in [0.5, 0.6) is 0 Å². The maximum absolute atomic E-state index is 12.9. The van der Waals surface area contributed by atoms with Crippen molar-refractivity contribution in [2.45, 2.75) is 103 Å². The molecule has 3 amide bonds. The molecular formula is C70H66Br2Cl3N7O6. The third-order valence-corrected chi connectivity index (χ3v) is 19.5. The molecule has 4 atom stereocenters. The van der Waals surface area contributed by atoms with E-state index >= 15 is 0 Å². The number of nitrogens with one attached hydrogen (secondary N) is 1. The summed E-state index contributed by atoms with van der Waals surface area (Å²) in [6.07, 6.45) is 3.58. The Hall–Kier alpha value is -7.36. The SMILES string of the molecule is COC(=O)c1cccc2c1CCN(C(=O)Cc1c(Cl)cccc1C#N)[C@H]2C.C[C@@H]1NCCc2c(Br)cccc21.C[C@H]1c2cccc(Br)c2CCN1C(=O)Cc1c(Cl)cccc1C#N.C[C@H]1c2cccc(CO)c2CCN1C(=O)Cc1c(Cl)cccc1C#N. The van der Waals surface area contributed by atoms with Gasteiger partial charge in [-0.15, -0.1) is 0 Å². The van der Waals surface area contributed by atoms with E-state index in [-0.39, 0.29) is 67.7 Å². The summed E-state index contributed by atoms with van der Waals surface area (Å²) in [6.45, 7) is 11.0. The highest BCUT2D eigenvalue weighted by molar-refractivity contribution is 9.10. The van der Waals surface area contributed by atoms with Crippen LogP contribution in [0.4, 0.5) is 0 Å². The van der Waals surface area contributed by atoms with Gasteiger partial charge in [0, 0.05) is 49.7 Å². The van der Waals surface area contributed by atoms with Crippen molar-refractivity contribution in [1.82, 2.24) is 20.0 Å². The van der Waals surface area contributed by atoms with Crippen LogP contribution in [0.3, 0.4) is 0 Å². The lowest BCUT2D eigenvalue weighted by atomic mass is 9.89. The van der Waals surface area contributed by atoms with Crippen molar-refractivity contribution in [2.24, 2.45) is 0 Å². The van der Waals surface area contributed by atoms with E-state index in [9.17, 15) is 40.1 Å². The number of ether oxygens (including phenoxy) is 1. The molecule has 0 spiro atoms. The summed E-state index contributed by atoms with van der Waals surface area (Å²) in [6, 6.07) is 45.7. The van der Waals surface area contributed by atoms with Gasteiger partial charge in [0.25, 0.3) is 0 Å². The average Bonchev–Trinajstić information content (AvgIpc) is 1.95. The maximum Gasteiger partial charge on any atom is 0.338 e. The van der Waals surface area contributed by atoms with E-state index < -0.39 is 0 Å². The lowest BCUT2D eigenvalue weighted by Crippen LogP contribution is -2.40. The van der Waals surface area contributed by atoms with Gasteiger partial charge in [0.05, 0.1) is 91.6 Å². The number of benzene rings is 7. The Morgan fingerprint density at radius 3 is 1.31 bits per heavy atom. The second-order valence-electron chi connectivity index (χ2n) is 21.8. The van der Waals surface area contributed by atoms with Crippen LogP contribution < -0.4 is 5.32 Å². The monoisotopic (exact) mass is 1360 g/mol. The van der Waals surface area contributed by atoms with Gasteiger partial charge in [0.15, 0.2) is 0 Å². The number of aliphatic hydroxyl groups is 1. The number of nitrogens with zero attached hydrogens (tertiary/aromatic N) is 6. The van der Waals surface area contributed by atoms with E-state index in [1.807, 2.05) is 67.0 Å². The van der Waals surface area contributed by atoms with Crippen LogP contribution in [0.25, 0.3) is 0 Å². The molecule has 7 aromatic carbocycles. The van der Waals surface area contributed by atoms with Crippen LogP contribution in [0.15, 0.2) is 136 Å². The Morgan fingerprint density at radius 1 is 0.523 bits per heavy atom. The number of methoxy groups -OCH3 is 1. The average molecular weight is 1370 g/mol. The number of nitriles is 3. The van der Waals surface area contributed by atoms with Crippen LogP contribution in [0.2, 0.25) is 15.1 Å². The molecule has 0 aromatic heterocycles. The standard InChI is InChI=1S/C21H19ClN2O3.C20H19ClN2O2.C19H16BrClN2O.C10H12BrN/c1-13-15-6-4-7-17(21(26)27-2)16(15)9-10-24(13)20(25)11-18-14(12-23)5-3-8-19(18)22;1-13-16-6-2-5-15(12-24)17(16)8-9-23(13)20(25)10-18-14(11-22)4-3-7-19(18)21;1-12-14-5-3-6-17(20)15(14)8-9-23(12)19(24)10-16-13(11-22)4-2-7-18(16)21;1-7-8-3-2-4-10(11)9(8)5-6-12-7/h3-8,13H,9-11H2,1-2H3;2-7,13,24H,8-10,12H2,1H3;2-7,12H,8-10H2,1H3;2-4,7,12H,5-6H2,1H3/t2*13-;12-;7-/m0000/s1. The Balaban J connectivity index is 0.000000156. The fourth-order valence-corrected chi connectivity index (χ4v) is 14.0. The summed E-state index contributed by atoms with van der Waals surface area (Å²) >= 11 is 25.8. The molecule has 0 fully saturated rings. The predicted octanol–water partition coefficient (Wildman–Crippen LogP) is 14.4. The molecule has 0 radical (unpaired) electrons. The topological polar surface area (TPSA) is 191 Å². The fourth-order valence-electron chi connectivity index (χ4n) is 12.2. The summed E-state index contributed by atoms with van der Waals surface area (Å²) in [5, 5.41) is 42.1. The molecule has 2 N–H and O–H groups in total. The quantitative estimate of drug-likeness (QED) is 0.138. The van der Waals surface area contributed by atoms with Crippen LogP contribution in [0.1, 0.15) is 146 Å². The normalized spacial score (nSPS) is 16.9. The van der Waals surface area contributed by atoms with Gasteiger partial charge in [0.2, 0.25) is 17.7 Å². The number of hydrogen-bond donors (Lipinski definition) is 2. The maximum atomic E-state index is 12.9. The van der Waals surface area contributed by atoms with Gasteiger partial charge in [-0.3, -0.25) is 14.4 Å². The highest BCUT2D eigenvalue weighted by Gasteiger charge is 2.33. The predicted molar refractivity (Wildman–Crippen MR) is 350 cm³/mol. The van der Waals surface area contributed by atoms with Gasteiger partial charge in [-0.1, -0.05) is 139 Å². The van der Waals surface area contributed by atoms with Gasteiger partial charge in [-0.2, -0.15) is 15.8 Å². The first-order chi connectivity index (χ1) is 42.3. The molecule has 4 heterocycles. The Bertz CT molecular complexity index is 3920. The van der Waals surface area contributed by atoms with Gasteiger partial charge in [-0.25, -0.2) is 4.79 Å². The lowest BCUT2D eigenvalue weighted by molar-refractivity contribution is -0.133. The molecule has 4 aliphatic heterocycles. The van der Waals surface area contributed by atoms with Crippen molar-refractivity contribution in [3.05, 3.63) is 240 Å². The second-order valence-corrected chi connectivity index (χ2v) is 24.7. The van der Waals surface area contributed by atoms with Gasteiger partial charge < -0.3 is 29.9 Å². The summed E-state index contributed by atoms with van der Waals surface area (Å²) in [5.41, 5.74) is 14.0. The third kappa shape index (κ3) is 15.0. The Morgan fingerprint density at radius 2 is 0.886 bits per heavy atom. The minimum absolute atomic E-state index is 0.00211. The first-order valence-electron chi connectivity index (χ1n) is 29.0. The molecule has 0 saturated heterocycles. The number of hydrogen-bond acceptors (Lipinski definition) is 10. The highest BCUT2D eigenvalue weighted by Crippen LogP contribution is 2.37. The molecule has 4 aliphatic rings. The van der Waals surface area contributed by atoms with E-state index in [0.29, 0.717) is 86.1 Å². The van der Waals surface area contributed by atoms with E-state index in [2.05, 4.69) is 86.6 Å². The van der Waals surface area contributed by atoms with Crippen LogP contribution in [-0.2, 0) is 70.7 Å². The number of carbonyl (C=O) groups excluding carboxylic acids is 4. The molecule has 7 aromatic rings. The zero-order valence-corrected chi connectivity index (χ0v) is 54.9. The number of amides is 3. The molecule has 0 saturated carbocycles. The van der Waals surface area contributed by atoms with Gasteiger partial charge in [0.1, 0.15) is 0 Å². The van der Waals surface area contributed by atoms with E-state index in [4.69, 9.17) is 39.5 Å². The van der Waals surface area contributed by atoms with Crippen LogP contribution in [-0.4, -0.2) is 76.8 Å². The Kier molecular flexibility index (Phi) is 23.2. The Labute approximate surface area is 546 Å². The third-order valence-electron chi connectivity index (χ3n) is 16.9. The van der Waals surface area contributed by atoms with Crippen molar-refractivity contribution in [3.63, 3.8) is 0 Å².